The predicted octanol–water partition coefficient (Wildman–Crippen LogP) is 7.06. The van der Waals surface area contributed by atoms with Gasteiger partial charge in [-0.25, -0.2) is 13.2 Å². The normalized spacial score (nSPS) is 11.7. The van der Waals surface area contributed by atoms with Gasteiger partial charge in [0.15, 0.2) is 5.82 Å². The molecular formula is C22H9F9N2O2. The lowest BCUT2D eigenvalue weighted by Gasteiger charge is -2.17. The average molecular weight is 504 g/mol. The van der Waals surface area contributed by atoms with Gasteiger partial charge < -0.3 is 10.1 Å². The third kappa shape index (κ3) is 5.48. The molecule has 1 amide bonds. The molecule has 182 valence electrons. The van der Waals surface area contributed by atoms with E-state index >= 15 is 0 Å². The molecule has 0 heterocycles. The van der Waals surface area contributed by atoms with Gasteiger partial charge in [0.1, 0.15) is 34.8 Å². The number of hydrogen-bond donors (Lipinski definition) is 1. The van der Waals surface area contributed by atoms with Crippen LogP contribution >= 0.6 is 0 Å². The molecule has 0 saturated carbocycles. The molecule has 0 spiro atoms. The van der Waals surface area contributed by atoms with Gasteiger partial charge in [-0.15, -0.1) is 0 Å². The van der Waals surface area contributed by atoms with Gasteiger partial charge in [0.05, 0.1) is 16.7 Å². The van der Waals surface area contributed by atoms with E-state index in [0.717, 1.165) is 18.2 Å². The summed E-state index contributed by atoms with van der Waals surface area (Å²) < 4.78 is 125. The molecule has 4 nitrogen and oxygen atoms in total. The molecule has 0 atom stereocenters. The fourth-order valence-electron chi connectivity index (χ4n) is 2.87. The smallest absolute Gasteiger partial charge is 0.419 e. The Kier molecular flexibility index (Phi) is 6.68. The summed E-state index contributed by atoms with van der Waals surface area (Å²) in [5.74, 6) is -8.02. The van der Waals surface area contributed by atoms with Crippen molar-refractivity contribution in [2.75, 3.05) is 5.32 Å². The third-order valence-corrected chi connectivity index (χ3v) is 4.45. The van der Waals surface area contributed by atoms with E-state index in [0.29, 0.717) is 18.2 Å². The van der Waals surface area contributed by atoms with Crippen LogP contribution in [-0.2, 0) is 12.4 Å². The summed E-state index contributed by atoms with van der Waals surface area (Å²) in [4.78, 5) is 12.7. The molecule has 0 aliphatic rings. The molecule has 0 fully saturated rings. The van der Waals surface area contributed by atoms with Crippen molar-refractivity contribution < 1.29 is 49.0 Å². The Morgan fingerprint density at radius 1 is 0.829 bits per heavy atom. The van der Waals surface area contributed by atoms with Crippen molar-refractivity contribution in [2.24, 2.45) is 0 Å². The van der Waals surface area contributed by atoms with Crippen LogP contribution in [0.2, 0.25) is 0 Å². The number of nitrogens with zero attached hydrogens (tertiary/aromatic N) is 1. The van der Waals surface area contributed by atoms with Crippen molar-refractivity contribution in [3.8, 4) is 17.6 Å². The molecular weight excluding hydrogens is 495 g/mol. The minimum Gasteiger partial charge on any atom is -0.456 e. The molecule has 3 aromatic carbocycles. The number of benzene rings is 3. The number of rotatable bonds is 4. The summed E-state index contributed by atoms with van der Waals surface area (Å²) in [6.07, 6.45) is -10.4. The first-order valence-corrected chi connectivity index (χ1v) is 9.17. The van der Waals surface area contributed by atoms with Crippen LogP contribution in [-0.4, -0.2) is 5.91 Å². The van der Waals surface area contributed by atoms with Gasteiger partial charge in [0.25, 0.3) is 5.91 Å². The van der Waals surface area contributed by atoms with Crippen molar-refractivity contribution in [1.29, 1.82) is 5.26 Å². The lowest BCUT2D eigenvalue weighted by atomic mass is 10.1. The van der Waals surface area contributed by atoms with E-state index in [-0.39, 0.29) is 17.8 Å². The fourth-order valence-corrected chi connectivity index (χ4v) is 2.87. The van der Waals surface area contributed by atoms with Crippen LogP contribution in [0.25, 0.3) is 0 Å². The quantitative estimate of drug-likeness (QED) is 0.387. The largest absolute Gasteiger partial charge is 0.456 e. The molecule has 0 saturated heterocycles. The Hall–Kier alpha value is -4.21. The monoisotopic (exact) mass is 504 g/mol. The molecule has 1 N–H and O–H groups in total. The maximum atomic E-state index is 14.8. The molecule has 0 bridgehead atoms. The number of carbonyl (C=O) groups excluding carboxylic acids is 1. The Bertz CT molecular complexity index is 1340. The third-order valence-electron chi connectivity index (χ3n) is 4.45. The Balaban J connectivity index is 2.09. The molecule has 0 unspecified atom stereocenters. The van der Waals surface area contributed by atoms with Gasteiger partial charge in [-0.2, -0.15) is 31.6 Å². The van der Waals surface area contributed by atoms with Gasteiger partial charge in [-0.3, -0.25) is 4.79 Å². The predicted molar refractivity (Wildman–Crippen MR) is 102 cm³/mol. The number of hydrogen-bond acceptors (Lipinski definition) is 3. The maximum Gasteiger partial charge on any atom is 0.419 e. The Morgan fingerprint density at radius 3 is 2.06 bits per heavy atom. The van der Waals surface area contributed by atoms with Gasteiger partial charge >= 0.3 is 12.4 Å². The summed E-state index contributed by atoms with van der Waals surface area (Å²) in [5, 5.41) is 10.8. The molecule has 0 aliphatic heterocycles. The fraction of sp³-hybridized carbons (Fsp3) is 0.0909. The van der Waals surface area contributed by atoms with Gasteiger partial charge in [0, 0.05) is 5.69 Å². The summed E-state index contributed by atoms with van der Waals surface area (Å²) in [5.41, 5.74) is -5.88. The molecule has 0 radical (unpaired) electrons. The first-order chi connectivity index (χ1) is 16.2. The van der Waals surface area contributed by atoms with E-state index in [4.69, 9.17) is 10.00 Å². The minimum atomic E-state index is -5.26. The Labute approximate surface area is 190 Å². The second-order valence-electron chi connectivity index (χ2n) is 6.80. The number of nitrogens with one attached hydrogen (secondary N) is 1. The van der Waals surface area contributed by atoms with Crippen molar-refractivity contribution in [3.63, 3.8) is 0 Å². The zero-order valence-corrected chi connectivity index (χ0v) is 16.8. The first kappa shape index (κ1) is 25.4. The molecule has 13 heteroatoms. The lowest BCUT2D eigenvalue weighted by Crippen LogP contribution is -2.19. The van der Waals surface area contributed by atoms with E-state index in [2.05, 4.69) is 0 Å². The summed E-state index contributed by atoms with van der Waals surface area (Å²) in [6.45, 7) is 0. The van der Waals surface area contributed by atoms with Crippen molar-refractivity contribution >= 4 is 11.6 Å². The van der Waals surface area contributed by atoms with Crippen LogP contribution in [0.3, 0.4) is 0 Å². The van der Waals surface area contributed by atoms with Crippen LogP contribution < -0.4 is 10.1 Å². The van der Waals surface area contributed by atoms with Gasteiger partial charge in [-0.1, -0.05) is 0 Å². The topological polar surface area (TPSA) is 62.1 Å². The summed E-state index contributed by atoms with van der Waals surface area (Å²) in [7, 11) is 0. The molecule has 0 aliphatic carbocycles. The number of carbonyl (C=O) groups is 1. The SMILES string of the molecule is N#Cc1cc(NC(=O)c2c(Oc3ccc(F)c(C(F)(F)F)c3)ccc(C(F)(F)F)c2F)ccc1F. The number of nitriles is 1. The summed E-state index contributed by atoms with van der Waals surface area (Å²) in [6, 6.07) is 5.85. The highest BCUT2D eigenvalue weighted by Crippen LogP contribution is 2.39. The Morgan fingerprint density at radius 2 is 1.46 bits per heavy atom. The maximum absolute atomic E-state index is 14.8. The minimum absolute atomic E-state index is 0.172. The standard InChI is InChI=1S/C22H9F9N2O2/c23-15-4-1-11(7-10(15)9-32)33-20(34)18-17(6-3-13(19(18)25)21(26,27)28)35-12-2-5-16(24)14(8-12)22(29,30)31/h1-8H,(H,33,34). The number of halogens is 9. The van der Waals surface area contributed by atoms with Crippen LogP contribution in [0.5, 0.6) is 11.5 Å². The highest BCUT2D eigenvalue weighted by molar-refractivity contribution is 6.06. The summed E-state index contributed by atoms with van der Waals surface area (Å²) >= 11 is 0. The average Bonchev–Trinajstić information content (AvgIpc) is 2.74. The van der Waals surface area contributed by atoms with E-state index < -0.39 is 69.5 Å². The zero-order chi connectivity index (χ0) is 26.1. The first-order valence-electron chi connectivity index (χ1n) is 9.17. The number of amides is 1. The van der Waals surface area contributed by atoms with Crippen LogP contribution in [0.15, 0.2) is 48.5 Å². The van der Waals surface area contributed by atoms with E-state index in [1.165, 1.54) is 6.07 Å². The van der Waals surface area contributed by atoms with E-state index in [1.807, 2.05) is 5.32 Å². The van der Waals surface area contributed by atoms with Gasteiger partial charge in [-0.05, 0) is 48.5 Å². The lowest BCUT2D eigenvalue weighted by molar-refractivity contribution is -0.141. The number of ether oxygens (including phenoxy) is 1. The molecule has 0 aromatic heterocycles. The number of alkyl halides is 6. The highest BCUT2D eigenvalue weighted by Gasteiger charge is 2.38. The van der Waals surface area contributed by atoms with Crippen LogP contribution in [0.1, 0.15) is 27.0 Å². The van der Waals surface area contributed by atoms with Crippen molar-refractivity contribution in [1.82, 2.24) is 0 Å². The van der Waals surface area contributed by atoms with Crippen LogP contribution in [0, 0.1) is 28.8 Å². The van der Waals surface area contributed by atoms with Gasteiger partial charge in [0.2, 0.25) is 0 Å². The zero-order valence-electron chi connectivity index (χ0n) is 16.8. The number of anilines is 1. The molecule has 3 rings (SSSR count). The van der Waals surface area contributed by atoms with Crippen molar-refractivity contribution in [3.05, 3.63) is 88.2 Å². The second-order valence-corrected chi connectivity index (χ2v) is 6.80. The second kappa shape index (κ2) is 9.21. The highest BCUT2D eigenvalue weighted by atomic mass is 19.4. The van der Waals surface area contributed by atoms with E-state index in [9.17, 15) is 44.3 Å². The molecule has 35 heavy (non-hydrogen) atoms. The van der Waals surface area contributed by atoms with Crippen LogP contribution in [0.4, 0.5) is 45.2 Å². The van der Waals surface area contributed by atoms with Crippen molar-refractivity contribution in [2.45, 2.75) is 12.4 Å². The molecule has 3 aromatic rings. The van der Waals surface area contributed by atoms with E-state index in [1.54, 1.807) is 0 Å².